The molecule has 0 aliphatic carbocycles. The number of nitrogens with one attached hydrogen (secondary N) is 1. The lowest BCUT2D eigenvalue weighted by Crippen LogP contribution is -2.34. The maximum absolute atomic E-state index is 12.5. The Balaban J connectivity index is 1.89. The van der Waals surface area contributed by atoms with Gasteiger partial charge in [0.25, 0.3) is 0 Å². The Labute approximate surface area is 118 Å². The van der Waals surface area contributed by atoms with Gasteiger partial charge in [0.2, 0.25) is 5.78 Å². The first kappa shape index (κ1) is 13.9. The smallest absolute Gasteiger partial charge is 0.384 e. The second-order valence-electron chi connectivity index (χ2n) is 5.25. The molecule has 0 spiro atoms. The van der Waals surface area contributed by atoms with Gasteiger partial charge in [-0.05, 0) is 31.4 Å². The fraction of sp³-hybridized carbons (Fsp3) is 0.429. The summed E-state index contributed by atoms with van der Waals surface area (Å²) in [5.41, 5.74) is 2.90. The zero-order valence-corrected chi connectivity index (χ0v) is 11.3. The van der Waals surface area contributed by atoms with E-state index in [2.05, 4.69) is 10.5 Å². The fourth-order valence-electron chi connectivity index (χ4n) is 2.64. The van der Waals surface area contributed by atoms with Crippen molar-refractivity contribution in [3.8, 4) is 0 Å². The van der Waals surface area contributed by atoms with E-state index in [0.717, 1.165) is 16.6 Å². The van der Waals surface area contributed by atoms with Crippen molar-refractivity contribution < 1.29 is 22.5 Å². The number of ketones is 1. The lowest BCUT2D eigenvalue weighted by molar-refractivity contribution is -0.175. The Hall–Kier alpha value is -2.05. The van der Waals surface area contributed by atoms with E-state index in [4.69, 9.17) is 4.52 Å². The van der Waals surface area contributed by atoms with Gasteiger partial charge >= 0.3 is 6.18 Å². The van der Waals surface area contributed by atoms with Crippen molar-refractivity contribution in [2.45, 2.75) is 25.9 Å². The molecule has 0 amide bonds. The number of carbonyl (C=O) groups excluding carboxylic acids is 1. The molecule has 1 atom stereocenters. The van der Waals surface area contributed by atoms with Crippen LogP contribution in [0.5, 0.6) is 0 Å². The summed E-state index contributed by atoms with van der Waals surface area (Å²) in [4.78, 5) is 11.4. The molecule has 1 aromatic carbocycles. The molecule has 112 valence electrons. The van der Waals surface area contributed by atoms with Crippen molar-refractivity contribution in [1.29, 1.82) is 0 Å². The van der Waals surface area contributed by atoms with Crippen LogP contribution >= 0.6 is 0 Å². The number of rotatable bonds is 1. The minimum absolute atomic E-state index is 0.0238. The Bertz CT molecular complexity index is 706. The van der Waals surface area contributed by atoms with Gasteiger partial charge in [0.1, 0.15) is 0 Å². The van der Waals surface area contributed by atoms with Crippen LogP contribution in [0.25, 0.3) is 11.0 Å². The summed E-state index contributed by atoms with van der Waals surface area (Å²) in [6, 6.07) is 3.59. The number of halogens is 3. The predicted molar refractivity (Wildman–Crippen MR) is 70.1 cm³/mol. The van der Waals surface area contributed by atoms with E-state index in [1.165, 1.54) is 0 Å². The highest BCUT2D eigenvalue weighted by Gasteiger charge is 2.43. The molecule has 1 aliphatic rings. The molecule has 0 saturated heterocycles. The summed E-state index contributed by atoms with van der Waals surface area (Å²) in [7, 11) is 0. The molecule has 1 aliphatic heterocycles. The monoisotopic (exact) mass is 298 g/mol. The lowest BCUT2D eigenvalue weighted by atomic mass is 9.96. The van der Waals surface area contributed by atoms with Gasteiger partial charge in [-0.1, -0.05) is 5.16 Å². The van der Waals surface area contributed by atoms with Gasteiger partial charge in [-0.2, -0.15) is 13.2 Å². The number of Topliss-reactive ketones (excluding diaryl/α,β-unsaturated/α-hetero) is 1. The van der Waals surface area contributed by atoms with Gasteiger partial charge in [-0.3, -0.25) is 4.79 Å². The molecule has 0 radical (unpaired) electrons. The normalized spacial score (nSPS) is 19.0. The number of fused-ring (bicyclic) bond motifs is 2. The number of hydrogen-bond donors (Lipinski definition) is 1. The number of benzene rings is 1. The van der Waals surface area contributed by atoms with Gasteiger partial charge in [0.05, 0.1) is 5.69 Å². The van der Waals surface area contributed by atoms with Crippen molar-refractivity contribution in [2.75, 3.05) is 11.9 Å². The zero-order chi connectivity index (χ0) is 15.2. The number of alkyl halides is 3. The quantitative estimate of drug-likeness (QED) is 0.878. The van der Waals surface area contributed by atoms with Crippen LogP contribution in [0, 0.1) is 12.8 Å². The molecule has 2 heterocycles. The number of anilines is 1. The molecule has 1 unspecified atom stereocenters. The molecule has 4 nitrogen and oxygen atoms in total. The van der Waals surface area contributed by atoms with Crippen molar-refractivity contribution in [3.63, 3.8) is 0 Å². The molecule has 21 heavy (non-hydrogen) atoms. The predicted octanol–water partition coefficient (Wildman–Crippen LogP) is 3.24. The third kappa shape index (κ3) is 2.48. The first-order chi connectivity index (χ1) is 9.86. The van der Waals surface area contributed by atoms with Gasteiger partial charge < -0.3 is 9.84 Å². The highest BCUT2D eigenvalue weighted by atomic mass is 19.4. The Kier molecular flexibility index (Phi) is 3.15. The average molecular weight is 298 g/mol. The molecule has 1 aromatic heterocycles. The van der Waals surface area contributed by atoms with E-state index < -0.39 is 17.9 Å². The molecule has 0 saturated carbocycles. The minimum Gasteiger partial charge on any atom is -0.384 e. The number of nitrogens with zero attached hydrogens (tertiary/aromatic N) is 1. The van der Waals surface area contributed by atoms with Crippen LogP contribution in [-0.2, 0) is 11.2 Å². The van der Waals surface area contributed by atoms with Gasteiger partial charge in [-0.15, -0.1) is 0 Å². The zero-order valence-electron chi connectivity index (χ0n) is 11.3. The number of aryl methyl sites for hydroxylation is 2. The van der Waals surface area contributed by atoms with Crippen LogP contribution in [0.4, 0.5) is 18.9 Å². The van der Waals surface area contributed by atoms with Crippen LogP contribution in [0.2, 0.25) is 0 Å². The SMILES string of the molecule is Cc1noc2cc3c(cc12)CCC(C(=O)C(F)(F)F)CN3. The van der Waals surface area contributed by atoms with E-state index >= 15 is 0 Å². The molecule has 0 fully saturated rings. The van der Waals surface area contributed by atoms with E-state index in [-0.39, 0.29) is 13.0 Å². The first-order valence-electron chi connectivity index (χ1n) is 6.60. The van der Waals surface area contributed by atoms with E-state index in [0.29, 0.717) is 17.7 Å². The summed E-state index contributed by atoms with van der Waals surface area (Å²) < 4.78 is 42.7. The maximum atomic E-state index is 12.5. The van der Waals surface area contributed by atoms with Crippen LogP contribution in [0.15, 0.2) is 16.7 Å². The minimum atomic E-state index is -4.78. The second-order valence-corrected chi connectivity index (χ2v) is 5.25. The van der Waals surface area contributed by atoms with E-state index in [1.54, 1.807) is 13.0 Å². The fourth-order valence-corrected chi connectivity index (χ4v) is 2.64. The average Bonchev–Trinajstić information content (AvgIpc) is 2.66. The van der Waals surface area contributed by atoms with E-state index in [1.807, 2.05) is 6.07 Å². The molecule has 7 heteroatoms. The highest BCUT2D eigenvalue weighted by molar-refractivity contribution is 5.88. The summed E-state index contributed by atoms with van der Waals surface area (Å²) in [6.45, 7) is 1.78. The van der Waals surface area contributed by atoms with Crippen LogP contribution in [0.3, 0.4) is 0 Å². The topological polar surface area (TPSA) is 55.1 Å². The lowest BCUT2D eigenvalue weighted by Gasteiger charge is -2.15. The van der Waals surface area contributed by atoms with Crippen molar-refractivity contribution >= 4 is 22.4 Å². The van der Waals surface area contributed by atoms with Gasteiger partial charge in [0, 0.05) is 29.6 Å². The molecule has 1 N–H and O–H groups in total. The second kappa shape index (κ2) is 4.75. The molecule has 0 bridgehead atoms. The van der Waals surface area contributed by atoms with E-state index in [9.17, 15) is 18.0 Å². The Morgan fingerprint density at radius 1 is 1.43 bits per heavy atom. The molecular formula is C14H13F3N2O2. The largest absolute Gasteiger partial charge is 0.450 e. The standard InChI is InChI=1S/C14H13F3N2O2/c1-7-10-4-8-2-3-9(13(20)14(15,16)17)6-18-11(8)5-12(10)21-19-7/h4-5,9,18H,2-3,6H2,1H3. The van der Waals surface area contributed by atoms with Crippen molar-refractivity contribution in [1.82, 2.24) is 5.16 Å². The number of aromatic nitrogens is 1. The third-order valence-electron chi connectivity index (χ3n) is 3.83. The van der Waals surface area contributed by atoms with Crippen molar-refractivity contribution in [2.24, 2.45) is 5.92 Å². The Morgan fingerprint density at radius 2 is 2.19 bits per heavy atom. The molecule has 3 rings (SSSR count). The highest BCUT2D eigenvalue weighted by Crippen LogP contribution is 2.32. The Morgan fingerprint density at radius 3 is 2.90 bits per heavy atom. The number of carbonyl (C=O) groups is 1. The maximum Gasteiger partial charge on any atom is 0.450 e. The van der Waals surface area contributed by atoms with Gasteiger partial charge in [0.15, 0.2) is 5.58 Å². The third-order valence-corrected chi connectivity index (χ3v) is 3.83. The van der Waals surface area contributed by atoms with Crippen LogP contribution in [0.1, 0.15) is 17.7 Å². The molecule has 2 aromatic rings. The summed E-state index contributed by atoms with van der Waals surface area (Å²) in [5, 5.41) is 7.62. The summed E-state index contributed by atoms with van der Waals surface area (Å²) >= 11 is 0. The van der Waals surface area contributed by atoms with Crippen molar-refractivity contribution in [3.05, 3.63) is 23.4 Å². The number of hydrogen-bond acceptors (Lipinski definition) is 4. The first-order valence-corrected chi connectivity index (χ1v) is 6.60. The van der Waals surface area contributed by atoms with Crippen LogP contribution < -0.4 is 5.32 Å². The van der Waals surface area contributed by atoms with Gasteiger partial charge in [-0.25, -0.2) is 0 Å². The molecular weight excluding hydrogens is 285 g/mol. The summed E-state index contributed by atoms with van der Waals surface area (Å²) in [6.07, 6.45) is -4.19. The van der Waals surface area contributed by atoms with Crippen LogP contribution in [-0.4, -0.2) is 23.7 Å². The summed E-state index contributed by atoms with van der Waals surface area (Å²) in [5.74, 6) is -2.72.